The van der Waals surface area contributed by atoms with Crippen molar-refractivity contribution in [2.45, 2.75) is 90.6 Å². The zero-order chi connectivity index (χ0) is 16.8. The molecule has 0 aliphatic heterocycles. The first-order valence-electron chi connectivity index (χ1n) is 8.82. The van der Waals surface area contributed by atoms with Gasteiger partial charge in [0.05, 0.1) is 5.60 Å². The third-order valence-electron chi connectivity index (χ3n) is 5.39. The minimum atomic E-state index is -0.713. The van der Waals surface area contributed by atoms with Crippen LogP contribution in [0, 0.1) is 5.92 Å². The second kappa shape index (κ2) is 5.67. The molecule has 1 aliphatic carbocycles. The minimum Gasteiger partial charge on any atom is -0.385 e. The van der Waals surface area contributed by atoms with Crippen LogP contribution in [0.25, 0.3) is 0 Å². The van der Waals surface area contributed by atoms with E-state index < -0.39 is 5.60 Å². The van der Waals surface area contributed by atoms with Crippen molar-refractivity contribution in [3.8, 4) is 0 Å². The van der Waals surface area contributed by atoms with Gasteiger partial charge in [-0.3, -0.25) is 0 Å². The van der Waals surface area contributed by atoms with Gasteiger partial charge in [0.25, 0.3) is 0 Å². The summed E-state index contributed by atoms with van der Waals surface area (Å²) in [5, 5.41) is 11.3. The molecule has 1 fully saturated rings. The van der Waals surface area contributed by atoms with Gasteiger partial charge in [0.2, 0.25) is 0 Å². The number of hydrogen-bond donors (Lipinski definition) is 1. The largest absolute Gasteiger partial charge is 0.385 e. The summed E-state index contributed by atoms with van der Waals surface area (Å²) in [7, 11) is 0. The van der Waals surface area contributed by atoms with E-state index in [1.165, 1.54) is 24.0 Å². The summed E-state index contributed by atoms with van der Waals surface area (Å²) in [6, 6.07) is 6.74. The van der Waals surface area contributed by atoms with E-state index in [0.29, 0.717) is 5.92 Å². The molecule has 0 unspecified atom stereocenters. The highest BCUT2D eigenvalue weighted by molar-refractivity contribution is 5.42. The Hall–Kier alpha value is -0.820. The highest BCUT2D eigenvalue weighted by atomic mass is 16.3. The normalized spacial score (nSPS) is 20.2. The molecule has 1 atom stereocenters. The molecule has 1 aromatic carbocycles. The van der Waals surface area contributed by atoms with Gasteiger partial charge in [-0.2, -0.15) is 0 Å². The molecule has 1 N–H and O–H groups in total. The number of benzene rings is 1. The van der Waals surface area contributed by atoms with Gasteiger partial charge in [-0.05, 0) is 53.2 Å². The Morgan fingerprint density at radius 1 is 0.818 bits per heavy atom. The maximum atomic E-state index is 11.3. The monoisotopic (exact) mass is 302 g/mol. The smallest absolute Gasteiger partial charge is 0.0899 e. The maximum Gasteiger partial charge on any atom is 0.0899 e. The highest BCUT2D eigenvalue weighted by Crippen LogP contribution is 2.44. The average molecular weight is 303 g/mol. The van der Waals surface area contributed by atoms with Crippen molar-refractivity contribution in [3.05, 3.63) is 34.9 Å². The van der Waals surface area contributed by atoms with Crippen LogP contribution in [0.15, 0.2) is 18.2 Å². The predicted octanol–water partition coefficient (Wildman–Crippen LogP) is 5.68. The summed E-state index contributed by atoms with van der Waals surface area (Å²) >= 11 is 0. The molecule has 0 spiro atoms. The van der Waals surface area contributed by atoms with Crippen LogP contribution in [-0.4, -0.2) is 5.11 Å². The molecule has 1 aliphatic rings. The summed E-state index contributed by atoms with van der Waals surface area (Å²) < 4.78 is 0. The number of aliphatic hydroxyl groups is 1. The van der Waals surface area contributed by atoms with E-state index in [1.54, 1.807) is 0 Å². The first-order valence-corrected chi connectivity index (χ1v) is 8.82. The van der Waals surface area contributed by atoms with Crippen molar-refractivity contribution in [1.29, 1.82) is 0 Å². The van der Waals surface area contributed by atoms with Gasteiger partial charge in [-0.1, -0.05) is 72.6 Å². The van der Waals surface area contributed by atoms with Gasteiger partial charge in [0.1, 0.15) is 0 Å². The summed E-state index contributed by atoms with van der Waals surface area (Å²) in [5.74, 6) is 0.397. The molecule has 2 rings (SSSR count). The van der Waals surface area contributed by atoms with Gasteiger partial charge in [-0.25, -0.2) is 0 Å². The van der Waals surface area contributed by atoms with Crippen LogP contribution >= 0.6 is 0 Å². The van der Waals surface area contributed by atoms with Crippen LogP contribution < -0.4 is 0 Å². The Morgan fingerprint density at radius 3 is 1.82 bits per heavy atom. The molecule has 0 radical (unpaired) electrons. The Morgan fingerprint density at radius 2 is 1.36 bits per heavy atom. The molecule has 0 bridgehead atoms. The van der Waals surface area contributed by atoms with Gasteiger partial charge in [-0.15, -0.1) is 0 Å². The second-order valence-electron chi connectivity index (χ2n) is 9.39. The van der Waals surface area contributed by atoms with Crippen molar-refractivity contribution >= 4 is 0 Å². The molecular formula is C21H34O. The predicted molar refractivity (Wildman–Crippen MR) is 95.4 cm³/mol. The third-order valence-corrected chi connectivity index (χ3v) is 5.39. The van der Waals surface area contributed by atoms with Crippen molar-refractivity contribution < 1.29 is 5.11 Å². The van der Waals surface area contributed by atoms with E-state index >= 15 is 0 Å². The summed E-state index contributed by atoms with van der Waals surface area (Å²) in [5.41, 5.74) is 3.26. The number of rotatable bonds is 2. The van der Waals surface area contributed by atoms with Gasteiger partial charge in [0, 0.05) is 0 Å². The highest BCUT2D eigenvalue weighted by Gasteiger charge is 2.38. The zero-order valence-electron chi connectivity index (χ0n) is 15.6. The first-order chi connectivity index (χ1) is 9.94. The minimum absolute atomic E-state index is 0.0409. The van der Waals surface area contributed by atoms with Crippen LogP contribution in [0.1, 0.15) is 90.8 Å². The molecule has 22 heavy (non-hydrogen) atoms. The lowest BCUT2D eigenvalue weighted by atomic mass is 9.72. The molecule has 1 aromatic rings. The standard InChI is InChI=1S/C21H34O/c1-19(2,3)16-12-13-17(18(14-16)20(4,5)6)21(7,22)15-10-8-9-11-15/h12-15,22H,8-11H2,1-7H3/t21-/m0/s1. The van der Waals surface area contributed by atoms with E-state index in [-0.39, 0.29) is 10.8 Å². The molecule has 1 heteroatoms. The summed E-state index contributed by atoms with van der Waals surface area (Å²) in [4.78, 5) is 0. The van der Waals surface area contributed by atoms with Crippen LogP contribution in [0.3, 0.4) is 0 Å². The van der Waals surface area contributed by atoms with Gasteiger partial charge < -0.3 is 5.11 Å². The molecule has 0 saturated heterocycles. The Bertz CT molecular complexity index is 520. The van der Waals surface area contributed by atoms with Crippen molar-refractivity contribution in [3.63, 3.8) is 0 Å². The molecular weight excluding hydrogens is 268 g/mol. The molecule has 0 aromatic heterocycles. The van der Waals surface area contributed by atoms with Crippen LogP contribution in [0.4, 0.5) is 0 Å². The van der Waals surface area contributed by atoms with Crippen LogP contribution in [0.5, 0.6) is 0 Å². The average Bonchev–Trinajstić information content (AvgIpc) is 2.90. The van der Waals surface area contributed by atoms with E-state index in [0.717, 1.165) is 18.4 Å². The molecule has 0 amide bonds. The summed E-state index contributed by atoms with van der Waals surface area (Å²) in [6.07, 6.45) is 4.81. The van der Waals surface area contributed by atoms with Crippen molar-refractivity contribution in [2.75, 3.05) is 0 Å². The molecule has 1 nitrogen and oxygen atoms in total. The topological polar surface area (TPSA) is 20.2 Å². The molecule has 0 heterocycles. The lowest BCUT2D eigenvalue weighted by molar-refractivity contribution is -0.00484. The Kier molecular flexibility index (Phi) is 4.52. The number of hydrogen-bond acceptors (Lipinski definition) is 1. The van der Waals surface area contributed by atoms with Crippen molar-refractivity contribution in [2.24, 2.45) is 5.92 Å². The first kappa shape index (κ1) is 17.5. The van der Waals surface area contributed by atoms with Crippen molar-refractivity contribution in [1.82, 2.24) is 0 Å². The Labute approximate surface area is 137 Å². The molecule has 1 saturated carbocycles. The fourth-order valence-electron chi connectivity index (χ4n) is 3.78. The van der Waals surface area contributed by atoms with Gasteiger partial charge >= 0.3 is 0 Å². The fourth-order valence-corrected chi connectivity index (χ4v) is 3.78. The third kappa shape index (κ3) is 3.40. The van der Waals surface area contributed by atoms with E-state index in [1.807, 2.05) is 6.92 Å². The lowest BCUT2D eigenvalue weighted by Crippen LogP contribution is -2.34. The quantitative estimate of drug-likeness (QED) is 0.745. The van der Waals surface area contributed by atoms with E-state index in [9.17, 15) is 5.11 Å². The van der Waals surface area contributed by atoms with E-state index in [2.05, 4.69) is 59.7 Å². The summed E-state index contributed by atoms with van der Waals surface area (Å²) in [6.45, 7) is 15.6. The van der Waals surface area contributed by atoms with Crippen LogP contribution in [0.2, 0.25) is 0 Å². The Balaban J connectivity index is 2.55. The SMILES string of the molecule is CC(C)(C)c1ccc([C@@](C)(O)C2CCCC2)c(C(C)(C)C)c1. The molecule has 124 valence electrons. The lowest BCUT2D eigenvalue weighted by Gasteiger charge is -2.37. The fraction of sp³-hybridized carbons (Fsp3) is 0.714. The van der Waals surface area contributed by atoms with Crippen LogP contribution in [-0.2, 0) is 16.4 Å². The van der Waals surface area contributed by atoms with E-state index in [4.69, 9.17) is 0 Å². The second-order valence-corrected chi connectivity index (χ2v) is 9.39. The maximum absolute atomic E-state index is 11.3. The van der Waals surface area contributed by atoms with Gasteiger partial charge in [0.15, 0.2) is 0 Å². The zero-order valence-corrected chi connectivity index (χ0v) is 15.6.